The predicted molar refractivity (Wildman–Crippen MR) is 68.3 cm³/mol. The Hall–Kier alpha value is -1.52. The summed E-state index contributed by atoms with van der Waals surface area (Å²) >= 11 is 0. The van der Waals surface area contributed by atoms with Crippen molar-refractivity contribution in [2.24, 2.45) is 17.3 Å². The number of alkyl halides is 3. The van der Waals surface area contributed by atoms with Gasteiger partial charge in [-0.1, -0.05) is 32.9 Å². The first-order valence-electron chi connectivity index (χ1n) is 6.46. The molecular weight excluding hydrogens is 269 g/mol. The first kappa shape index (κ1) is 14.9. The molecule has 1 saturated carbocycles. The molecule has 0 aromatic heterocycles. The van der Waals surface area contributed by atoms with Gasteiger partial charge in [0.2, 0.25) is 0 Å². The number of carboxylic acids is 1. The number of benzene rings is 1. The highest BCUT2D eigenvalue weighted by molar-refractivity contribution is 5.75. The average molecular weight is 286 g/mol. The molecule has 1 aromatic rings. The highest BCUT2D eigenvalue weighted by Crippen LogP contribution is 2.63. The van der Waals surface area contributed by atoms with Gasteiger partial charge in [-0.2, -0.15) is 13.2 Å². The minimum atomic E-state index is -4.34. The fraction of sp³-hybridized carbons (Fsp3) is 0.533. The van der Waals surface area contributed by atoms with Gasteiger partial charge in [-0.3, -0.25) is 4.79 Å². The Kier molecular flexibility index (Phi) is 3.35. The van der Waals surface area contributed by atoms with Crippen molar-refractivity contribution in [2.45, 2.75) is 32.9 Å². The molecule has 3 atom stereocenters. The number of halogens is 3. The molecule has 1 fully saturated rings. The van der Waals surface area contributed by atoms with Crippen molar-refractivity contribution in [3.63, 3.8) is 0 Å². The lowest BCUT2D eigenvalue weighted by molar-refractivity contribution is -0.139. The molecular formula is C15H17F3O2. The van der Waals surface area contributed by atoms with Gasteiger partial charge in [-0.25, -0.2) is 0 Å². The smallest absolute Gasteiger partial charge is 0.416 e. The van der Waals surface area contributed by atoms with Gasteiger partial charge in [-0.05, 0) is 34.9 Å². The molecule has 0 bridgehead atoms. The summed E-state index contributed by atoms with van der Waals surface area (Å²) in [5.41, 5.74) is -0.244. The van der Waals surface area contributed by atoms with Crippen LogP contribution in [0.15, 0.2) is 24.3 Å². The quantitative estimate of drug-likeness (QED) is 0.905. The van der Waals surface area contributed by atoms with E-state index in [1.807, 2.05) is 20.8 Å². The standard InChI is InChI=1S/C15H17F3O2/c1-8(11-12(13(19)20)14(11,2)3)9-4-6-10(7-5-9)15(16,17)18/h4-8,11-12H,1-3H3,(H,19,20)/t8?,11-,12+/m1/s1. The summed E-state index contributed by atoms with van der Waals surface area (Å²) < 4.78 is 37.5. The molecule has 5 heteroatoms. The lowest BCUT2D eigenvalue weighted by Crippen LogP contribution is -2.07. The van der Waals surface area contributed by atoms with Crippen LogP contribution in [0.2, 0.25) is 0 Å². The van der Waals surface area contributed by atoms with E-state index in [9.17, 15) is 18.0 Å². The third-order valence-corrected chi connectivity index (χ3v) is 4.48. The second-order valence-corrected chi connectivity index (χ2v) is 6.07. The van der Waals surface area contributed by atoms with Crippen molar-refractivity contribution in [1.29, 1.82) is 0 Å². The maximum atomic E-state index is 12.5. The zero-order valence-corrected chi connectivity index (χ0v) is 11.5. The van der Waals surface area contributed by atoms with Gasteiger partial charge in [0.25, 0.3) is 0 Å². The summed E-state index contributed by atoms with van der Waals surface area (Å²) in [6.45, 7) is 5.64. The van der Waals surface area contributed by atoms with Crippen LogP contribution in [0, 0.1) is 17.3 Å². The van der Waals surface area contributed by atoms with Crippen molar-refractivity contribution in [3.05, 3.63) is 35.4 Å². The maximum absolute atomic E-state index is 12.5. The van der Waals surface area contributed by atoms with E-state index in [2.05, 4.69) is 0 Å². The molecule has 0 aliphatic heterocycles. The molecule has 0 heterocycles. The first-order chi connectivity index (χ1) is 9.06. The van der Waals surface area contributed by atoms with E-state index >= 15 is 0 Å². The molecule has 0 saturated heterocycles. The van der Waals surface area contributed by atoms with Crippen molar-refractivity contribution >= 4 is 5.97 Å². The van der Waals surface area contributed by atoms with Crippen molar-refractivity contribution in [1.82, 2.24) is 0 Å². The highest BCUT2D eigenvalue weighted by atomic mass is 19.4. The predicted octanol–water partition coefficient (Wildman–Crippen LogP) is 4.17. The Morgan fingerprint density at radius 1 is 1.25 bits per heavy atom. The van der Waals surface area contributed by atoms with Crippen molar-refractivity contribution in [2.75, 3.05) is 0 Å². The Labute approximate surface area is 115 Å². The monoisotopic (exact) mass is 286 g/mol. The normalized spacial score (nSPS) is 26.1. The SMILES string of the molecule is CC(c1ccc(C(F)(F)F)cc1)[C@@H]1[C@@H](C(=O)O)C1(C)C. The van der Waals surface area contributed by atoms with Crippen molar-refractivity contribution < 1.29 is 23.1 Å². The third kappa shape index (κ3) is 2.41. The summed E-state index contributed by atoms with van der Waals surface area (Å²) in [5, 5.41) is 9.16. The number of carbonyl (C=O) groups is 1. The molecule has 1 aliphatic carbocycles. The van der Waals surface area contributed by atoms with E-state index in [0.717, 1.165) is 17.7 Å². The van der Waals surface area contributed by atoms with E-state index < -0.39 is 23.6 Å². The van der Waals surface area contributed by atoms with E-state index in [1.165, 1.54) is 12.1 Å². The largest absolute Gasteiger partial charge is 0.481 e. The minimum Gasteiger partial charge on any atom is -0.481 e. The second-order valence-electron chi connectivity index (χ2n) is 6.07. The third-order valence-electron chi connectivity index (χ3n) is 4.48. The molecule has 20 heavy (non-hydrogen) atoms. The Balaban J connectivity index is 2.19. The van der Waals surface area contributed by atoms with Crippen LogP contribution in [-0.4, -0.2) is 11.1 Å². The molecule has 0 spiro atoms. The van der Waals surface area contributed by atoms with E-state index in [-0.39, 0.29) is 17.3 Å². The Morgan fingerprint density at radius 2 is 1.75 bits per heavy atom. The van der Waals surface area contributed by atoms with Gasteiger partial charge in [0.1, 0.15) is 0 Å². The highest BCUT2D eigenvalue weighted by Gasteiger charge is 2.63. The fourth-order valence-electron chi connectivity index (χ4n) is 3.27. The van der Waals surface area contributed by atoms with Gasteiger partial charge < -0.3 is 5.11 Å². The topological polar surface area (TPSA) is 37.3 Å². The molecule has 0 amide bonds. The maximum Gasteiger partial charge on any atom is 0.416 e. The number of hydrogen-bond acceptors (Lipinski definition) is 1. The van der Waals surface area contributed by atoms with Crippen LogP contribution in [0.4, 0.5) is 13.2 Å². The molecule has 1 unspecified atom stereocenters. The molecule has 1 aliphatic rings. The molecule has 1 aromatic carbocycles. The molecule has 2 rings (SSSR count). The molecule has 2 nitrogen and oxygen atoms in total. The van der Waals surface area contributed by atoms with Gasteiger partial charge in [-0.15, -0.1) is 0 Å². The first-order valence-corrected chi connectivity index (χ1v) is 6.46. The van der Waals surface area contributed by atoms with Crippen LogP contribution in [0.25, 0.3) is 0 Å². The zero-order valence-electron chi connectivity index (χ0n) is 11.5. The van der Waals surface area contributed by atoms with Crippen LogP contribution in [0.3, 0.4) is 0 Å². The van der Waals surface area contributed by atoms with Gasteiger partial charge in [0, 0.05) is 0 Å². The van der Waals surface area contributed by atoms with Crippen LogP contribution in [0.5, 0.6) is 0 Å². The minimum absolute atomic E-state index is 0.0447. The van der Waals surface area contributed by atoms with Crippen LogP contribution < -0.4 is 0 Å². The van der Waals surface area contributed by atoms with Crippen molar-refractivity contribution in [3.8, 4) is 0 Å². The van der Waals surface area contributed by atoms with E-state index in [1.54, 1.807) is 0 Å². The van der Waals surface area contributed by atoms with Gasteiger partial charge in [0.05, 0.1) is 11.5 Å². The van der Waals surface area contributed by atoms with Crippen LogP contribution >= 0.6 is 0 Å². The van der Waals surface area contributed by atoms with Crippen LogP contribution in [0.1, 0.15) is 37.8 Å². The van der Waals surface area contributed by atoms with Gasteiger partial charge in [0.15, 0.2) is 0 Å². The lowest BCUT2D eigenvalue weighted by Gasteiger charge is -2.14. The number of rotatable bonds is 3. The molecule has 1 N–H and O–H groups in total. The second kappa shape index (κ2) is 4.50. The zero-order chi connectivity index (χ0) is 15.3. The number of hydrogen-bond donors (Lipinski definition) is 1. The summed E-state index contributed by atoms with van der Waals surface area (Å²) in [7, 11) is 0. The van der Waals surface area contributed by atoms with E-state index in [0.29, 0.717) is 0 Å². The van der Waals surface area contributed by atoms with Crippen LogP contribution in [-0.2, 0) is 11.0 Å². The fourth-order valence-corrected chi connectivity index (χ4v) is 3.27. The summed E-state index contributed by atoms with van der Waals surface area (Å²) in [6, 6.07) is 5.00. The average Bonchev–Trinajstić information content (AvgIpc) is 2.90. The number of aliphatic carboxylic acids is 1. The lowest BCUT2D eigenvalue weighted by atomic mass is 9.91. The summed E-state index contributed by atoms with van der Waals surface area (Å²) in [6.07, 6.45) is -4.34. The summed E-state index contributed by atoms with van der Waals surface area (Å²) in [5.74, 6) is -1.39. The number of carboxylic acid groups (broad SMARTS) is 1. The Morgan fingerprint density at radius 3 is 2.10 bits per heavy atom. The summed E-state index contributed by atoms with van der Waals surface area (Å²) in [4.78, 5) is 11.2. The van der Waals surface area contributed by atoms with Gasteiger partial charge >= 0.3 is 12.1 Å². The molecule has 0 radical (unpaired) electrons. The Bertz CT molecular complexity index is 517. The van der Waals surface area contributed by atoms with E-state index in [4.69, 9.17) is 5.11 Å². The molecule has 110 valence electrons.